The summed E-state index contributed by atoms with van der Waals surface area (Å²) in [4.78, 5) is 1.26. The van der Waals surface area contributed by atoms with Crippen LogP contribution in [0.15, 0.2) is 24.3 Å². The van der Waals surface area contributed by atoms with Crippen molar-refractivity contribution >= 4 is 0 Å². The van der Waals surface area contributed by atoms with Gasteiger partial charge in [0.25, 0.3) is 0 Å². The molecule has 0 atom stereocenters. The zero-order valence-electron chi connectivity index (χ0n) is 9.46. The first kappa shape index (κ1) is 13.5. The van der Waals surface area contributed by atoms with E-state index < -0.39 is 12.7 Å². The fourth-order valence-corrected chi connectivity index (χ4v) is 1.54. The Labute approximate surface area is 98.3 Å². The van der Waals surface area contributed by atoms with Crippen molar-refractivity contribution in [1.82, 2.24) is 4.90 Å². The Kier molecular flexibility index (Phi) is 4.53. The molecule has 92 valence electrons. The molecule has 0 fully saturated rings. The highest BCUT2D eigenvalue weighted by Crippen LogP contribution is 2.18. The van der Waals surface area contributed by atoms with E-state index in [0.29, 0.717) is 17.7 Å². The monoisotopic (exact) mass is 242 g/mol. The Balaban J connectivity index is 2.78. The zero-order chi connectivity index (χ0) is 12.9. The van der Waals surface area contributed by atoms with Crippen LogP contribution in [0.5, 0.6) is 0 Å². The van der Waals surface area contributed by atoms with Crippen molar-refractivity contribution in [3.63, 3.8) is 0 Å². The molecule has 0 saturated carbocycles. The molecule has 0 aliphatic carbocycles. The van der Waals surface area contributed by atoms with Gasteiger partial charge in [-0.3, -0.25) is 4.90 Å². The van der Waals surface area contributed by atoms with Crippen LogP contribution < -0.4 is 0 Å². The standard InChI is InChI=1S/C12H13F3N2/c1-2-17(9-12(13,14)15)8-11-6-4-3-5-10(11)7-16/h3-6H,2,8-9H2,1H3. The van der Waals surface area contributed by atoms with Crippen LogP contribution in [0.1, 0.15) is 18.1 Å². The maximum Gasteiger partial charge on any atom is 0.401 e. The van der Waals surface area contributed by atoms with E-state index in [0.717, 1.165) is 0 Å². The molecule has 0 aliphatic rings. The molecule has 2 nitrogen and oxygen atoms in total. The molecule has 0 amide bonds. The van der Waals surface area contributed by atoms with E-state index in [-0.39, 0.29) is 6.54 Å². The van der Waals surface area contributed by atoms with E-state index in [9.17, 15) is 13.2 Å². The van der Waals surface area contributed by atoms with Crippen LogP contribution in [0, 0.1) is 11.3 Å². The summed E-state index contributed by atoms with van der Waals surface area (Å²) in [7, 11) is 0. The summed E-state index contributed by atoms with van der Waals surface area (Å²) >= 11 is 0. The second-order valence-electron chi connectivity index (χ2n) is 3.69. The Bertz CT molecular complexity index is 407. The number of halogens is 3. The van der Waals surface area contributed by atoms with Crippen molar-refractivity contribution in [2.75, 3.05) is 13.1 Å². The molecular formula is C12H13F3N2. The normalized spacial score (nSPS) is 11.5. The molecule has 0 aromatic heterocycles. The van der Waals surface area contributed by atoms with Gasteiger partial charge in [0.05, 0.1) is 18.2 Å². The minimum Gasteiger partial charge on any atom is -0.291 e. The third-order valence-electron chi connectivity index (χ3n) is 2.38. The number of nitriles is 1. The molecule has 0 unspecified atom stereocenters. The van der Waals surface area contributed by atoms with Crippen molar-refractivity contribution in [2.45, 2.75) is 19.6 Å². The maximum absolute atomic E-state index is 12.3. The number of hydrogen-bond acceptors (Lipinski definition) is 2. The fraction of sp³-hybridized carbons (Fsp3) is 0.417. The molecule has 0 radical (unpaired) electrons. The third-order valence-corrected chi connectivity index (χ3v) is 2.38. The highest BCUT2D eigenvalue weighted by atomic mass is 19.4. The Hall–Kier alpha value is -1.54. The van der Waals surface area contributed by atoms with Crippen LogP contribution >= 0.6 is 0 Å². The summed E-state index contributed by atoms with van der Waals surface area (Å²) < 4.78 is 36.8. The van der Waals surface area contributed by atoms with E-state index in [1.807, 2.05) is 6.07 Å². The van der Waals surface area contributed by atoms with Gasteiger partial charge in [0.2, 0.25) is 0 Å². The van der Waals surface area contributed by atoms with Gasteiger partial charge >= 0.3 is 6.18 Å². The summed E-state index contributed by atoms with van der Waals surface area (Å²) in [5.41, 5.74) is 1.05. The summed E-state index contributed by atoms with van der Waals surface area (Å²) in [6, 6.07) is 8.68. The number of benzene rings is 1. The molecule has 0 heterocycles. The summed E-state index contributed by atoms with van der Waals surface area (Å²) in [5.74, 6) is 0. The lowest BCUT2D eigenvalue weighted by Crippen LogP contribution is -2.33. The van der Waals surface area contributed by atoms with Gasteiger partial charge in [-0.05, 0) is 18.2 Å². The Morgan fingerprint density at radius 1 is 1.29 bits per heavy atom. The number of hydrogen-bond donors (Lipinski definition) is 0. The van der Waals surface area contributed by atoms with Crippen molar-refractivity contribution in [3.05, 3.63) is 35.4 Å². The average Bonchev–Trinajstić information content (AvgIpc) is 2.27. The average molecular weight is 242 g/mol. The van der Waals surface area contributed by atoms with Gasteiger partial charge in [-0.25, -0.2) is 0 Å². The first-order valence-corrected chi connectivity index (χ1v) is 5.23. The van der Waals surface area contributed by atoms with Gasteiger partial charge in [0, 0.05) is 6.54 Å². The lowest BCUT2D eigenvalue weighted by molar-refractivity contribution is -0.146. The largest absolute Gasteiger partial charge is 0.401 e. The van der Waals surface area contributed by atoms with Crippen LogP contribution in [-0.4, -0.2) is 24.2 Å². The predicted molar refractivity (Wildman–Crippen MR) is 58.2 cm³/mol. The molecule has 5 heteroatoms. The molecule has 0 spiro atoms. The molecule has 1 aromatic carbocycles. The topological polar surface area (TPSA) is 27.0 Å². The van der Waals surface area contributed by atoms with Crippen LogP contribution in [-0.2, 0) is 6.54 Å². The van der Waals surface area contributed by atoms with Crippen molar-refractivity contribution in [1.29, 1.82) is 5.26 Å². The third kappa shape index (κ3) is 4.45. The van der Waals surface area contributed by atoms with Crippen LogP contribution in [0.25, 0.3) is 0 Å². The van der Waals surface area contributed by atoms with E-state index in [4.69, 9.17) is 5.26 Å². The molecule has 1 aromatic rings. The number of rotatable bonds is 4. The van der Waals surface area contributed by atoms with Gasteiger partial charge in [-0.2, -0.15) is 18.4 Å². The number of alkyl halides is 3. The minimum atomic E-state index is -4.21. The van der Waals surface area contributed by atoms with Crippen molar-refractivity contribution < 1.29 is 13.2 Å². The molecule has 0 saturated heterocycles. The molecule has 0 N–H and O–H groups in total. The molecule has 1 rings (SSSR count). The second-order valence-corrected chi connectivity index (χ2v) is 3.69. The van der Waals surface area contributed by atoms with Crippen molar-refractivity contribution in [2.24, 2.45) is 0 Å². The van der Waals surface area contributed by atoms with Gasteiger partial charge in [0.1, 0.15) is 0 Å². The van der Waals surface area contributed by atoms with Crippen LogP contribution in [0.2, 0.25) is 0 Å². The Morgan fingerprint density at radius 2 is 1.94 bits per heavy atom. The van der Waals surface area contributed by atoms with E-state index in [1.54, 1.807) is 31.2 Å². The van der Waals surface area contributed by atoms with Crippen LogP contribution in [0.4, 0.5) is 13.2 Å². The van der Waals surface area contributed by atoms with E-state index in [2.05, 4.69) is 0 Å². The Morgan fingerprint density at radius 3 is 2.47 bits per heavy atom. The zero-order valence-corrected chi connectivity index (χ0v) is 9.46. The van der Waals surface area contributed by atoms with Crippen LogP contribution in [0.3, 0.4) is 0 Å². The molecular weight excluding hydrogens is 229 g/mol. The minimum absolute atomic E-state index is 0.139. The first-order chi connectivity index (χ1) is 7.96. The fourth-order valence-electron chi connectivity index (χ4n) is 1.54. The summed E-state index contributed by atoms with van der Waals surface area (Å²) in [6.07, 6.45) is -4.21. The highest BCUT2D eigenvalue weighted by molar-refractivity contribution is 5.37. The molecule has 17 heavy (non-hydrogen) atoms. The smallest absolute Gasteiger partial charge is 0.291 e. The quantitative estimate of drug-likeness (QED) is 0.811. The van der Waals surface area contributed by atoms with Gasteiger partial charge in [-0.1, -0.05) is 25.1 Å². The predicted octanol–water partition coefficient (Wildman–Crippen LogP) is 2.94. The summed E-state index contributed by atoms with van der Waals surface area (Å²) in [6.45, 7) is 1.14. The van der Waals surface area contributed by atoms with Gasteiger partial charge in [0.15, 0.2) is 0 Å². The lowest BCUT2D eigenvalue weighted by Gasteiger charge is -2.22. The molecule has 0 bridgehead atoms. The van der Waals surface area contributed by atoms with Crippen molar-refractivity contribution in [3.8, 4) is 6.07 Å². The summed E-state index contributed by atoms with van der Waals surface area (Å²) in [5, 5.41) is 8.85. The van der Waals surface area contributed by atoms with E-state index >= 15 is 0 Å². The first-order valence-electron chi connectivity index (χ1n) is 5.23. The maximum atomic E-state index is 12.3. The van der Waals surface area contributed by atoms with Gasteiger partial charge in [-0.15, -0.1) is 0 Å². The van der Waals surface area contributed by atoms with Gasteiger partial charge < -0.3 is 0 Å². The second kappa shape index (κ2) is 5.69. The lowest BCUT2D eigenvalue weighted by atomic mass is 10.1. The SMILES string of the molecule is CCN(Cc1ccccc1C#N)CC(F)(F)F. The number of nitrogens with zero attached hydrogens (tertiary/aromatic N) is 2. The van der Waals surface area contributed by atoms with E-state index in [1.165, 1.54) is 4.90 Å². The molecule has 0 aliphatic heterocycles. The highest BCUT2D eigenvalue weighted by Gasteiger charge is 2.30.